The number of carbonyl (C=O) groups is 3. The van der Waals surface area contributed by atoms with Gasteiger partial charge in [-0.1, -0.05) is 25.1 Å². The van der Waals surface area contributed by atoms with E-state index in [4.69, 9.17) is 0 Å². The van der Waals surface area contributed by atoms with Gasteiger partial charge >= 0.3 is 0 Å². The van der Waals surface area contributed by atoms with Crippen molar-refractivity contribution in [2.75, 3.05) is 17.2 Å². The van der Waals surface area contributed by atoms with E-state index in [1.54, 1.807) is 54.6 Å². The number of carbonyl (C=O) groups excluding carboxylic acids is 3. The van der Waals surface area contributed by atoms with Crippen molar-refractivity contribution in [3.05, 3.63) is 72.3 Å². The van der Waals surface area contributed by atoms with Crippen molar-refractivity contribution in [3.63, 3.8) is 0 Å². The molecule has 1 aliphatic carbocycles. The van der Waals surface area contributed by atoms with E-state index in [-0.39, 0.29) is 23.6 Å². The standard InChI is InChI=1S/C22H23N3O3/c1-3-12-23-21(27)17-6-4-5-7-19(17)25-20(26)15-8-10-16(11-9-15)24-22(28)18-13-14(18)2/h3-11,14,18H,1,12-13H2,2H3,(H,23,27)(H,24,28)(H,25,26). The second kappa shape index (κ2) is 8.52. The summed E-state index contributed by atoms with van der Waals surface area (Å²) in [4.78, 5) is 36.8. The third-order valence-electron chi connectivity index (χ3n) is 4.69. The minimum Gasteiger partial charge on any atom is -0.349 e. The Morgan fingerprint density at radius 2 is 1.71 bits per heavy atom. The van der Waals surface area contributed by atoms with Crippen molar-refractivity contribution in [3.8, 4) is 0 Å². The molecule has 28 heavy (non-hydrogen) atoms. The molecule has 3 N–H and O–H groups in total. The lowest BCUT2D eigenvalue weighted by molar-refractivity contribution is -0.117. The smallest absolute Gasteiger partial charge is 0.255 e. The van der Waals surface area contributed by atoms with Crippen LogP contribution in [0.1, 0.15) is 34.1 Å². The molecule has 1 saturated carbocycles. The highest BCUT2D eigenvalue weighted by Crippen LogP contribution is 2.38. The van der Waals surface area contributed by atoms with Gasteiger partial charge < -0.3 is 16.0 Å². The second-order valence-corrected chi connectivity index (χ2v) is 6.88. The monoisotopic (exact) mass is 377 g/mol. The molecule has 0 heterocycles. The second-order valence-electron chi connectivity index (χ2n) is 6.88. The fourth-order valence-electron chi connectivity index (χ4n) is 2.87. The topological polar surface area (TPSA) is 87.3 Å². The van der Waals surface area contributed by atoms with Crippen LogP contribution < -0.4 is 16.0 Å². The van der Waals surface area contributed by atoms with Crippen LogP contribution in [-0.4, -0.2) is 24.3 Å². The van der Waals surface area contributed by atoms with Crippen LogP contribution in [-0.2, 0) is 4.79 Å². The van der Waals surface area contributed by atoms with Gasteiger partial charge in [0.25, 0.3) is 11.8 Å². The minimum atomic E-state index is -0.335. The highest BCUT2D eigenvalue weighted by atomic mass is 16.2. The third-order valence-corrected chi connectivity index (χ3v) is 4.69. The maximum atomic E-state index is 12.6. The van der Waals surface area contributed by atoms with Gasteiger partial charge in [-0.2, -0.15) is 0 Å². The molecule has 6 heteroatoms. The molecule has 2 aromatic rings. The molecule has 3 amide bonds. The van der Waals surface area contributed by atoms with Gasteiger partial charge in [0.15, 0.2) is 0 Å². The molecular formula is C22H23N3O3. The summed E-state index contributed by atoms with van der Waals surface area (Å²) in [7, 11) is 0. The molecule has 0 spiro atoms. The van der Waals surface area contributed by atoms with Crippen LogP contribution in [0.5, 0.6) is 0 Å². The molecule has 0 saturated heterocycles. The Kier molecular flexibility index (Phi) is 5.89. The third kappa shape index (κ3) is 4.65. The van der Waals surface area contributed by atoms with Gasteiger partial charge in [-0.05, 0) is 48.7 Å². The summed E-state index contributed by atoms with van der Waals surface area (Å²) in [6.45, 7) is 5.96. The quantitative estimate of drug-likeness (QED) is 0.646. The molecule has 1 fully saturated rings. The predicted octanol–water partition coefficient (Wildman–Crippen LogP) is 3.45. The van der Waals surface area contributed by atoms with Crippen LogP contribution in [0.4, 0.5) is 11.4 Å². The van der Waals surface area contributed by atoms with Crippen molar-refractivity contribution < 1.29 is 14.4 Å². The van der Waals surface area contributed by atoms with E-state index in [0.29, 0.717) is 35.0 Å². The zero-order chi connectivity index (χ0) is 20.1. The minimum absolute atomic E-state index is 0.0177. The Bertz CT molecular complexity index is 905. The lowest BCUT2D eigenvalue weighted by atomic mass is 10.1. The first kappa shape index (κ1) is 19.4. The van der Waals surface area contributed by atoms with E-state index in [2.05, 4.69) is 22.5 Å². The summed E-state index contributed by atoms with van der Waals surface area (Å²) in [6.07, 6.45) is 2.51. The summed E-state index contributed by atoms with van der Waals surface area (Å²) in [5, 5.41) is 8.32. The average Bonchev–Trinajstić information content (AvgIpc) is 3.44. The van der Waals surface area contributed by atoms with E-state index in [0.717, 1.165) is 6.42 Å². The molecule has 0 aromatic heterocycles. The van der Waals surface area contributed by atoms with Gasteiger partial charge in [0, 0.05) is 23.7 Å². The van der Waals surface area contributed by atoms with E-state index >= 15 is 0 Å². The van der Waals surface area contributed by atoms with Gasteiger partial charge in [0.05, 0.1) is 11.3 Å². The SMILES string of the molecule is C=CCNC(=O)c1ccccc1NC(=O)c1ccc(NC(=O)C2CC2C)cc1. The van der Waals surface area contributed by atoms with Gasteiger partial charge in [0.2, 0.25) is 5.91 Å². The van der Waals surface area contributed by atoms with Gasteiger partial charge in [-0.25, -0.2) is 0 Å². The van der Waals surface area contributed by atoms with E-state index in [1.165, 1.54) is 0 Å². The molecule has 0 bridgehead atoms. The Morgan fingerprint density at radius 3 is 2.36 bits per heavy atom. The highest BCUT2D eigenvalue weighted by Gasteiger charge is 2.39. The molecule has 2 unspecified atom stereocenters. The van der Waals surface area contributed by atoms with E-state index in [1.807, 2.05) is 6.92 Å². The highest BCUT2D eigenvalue weighted by molar-refractivity contribution is 6.09. The Labute approximate surface area is 164 Å². The van der Waals surface area contributed by atoms with Gasteiger partial charge in [0.1, 0.15) is 0 Å². The van der Waals surface area contributed by atoms with Crippen molar-refractivity contribution in [1.29, 1.82) is 0 Å². The number of amides is 3. The molecule has 3 rings (SSSR count). The number of rotatable bonds is 7. The number of para-hydroxylation sites is 1. The zero-order valence-corrected chi connectivity index (χ0v) is 15.7. The molecular weight excluding hydrogens is 354 g/mol. The number of hydrogen-bond donors (Lipinski definition) is 3. The summed E-state index contributed by atoms with van der Waals surface area (Å²) in [5.74, 6) is -0.0782. The lowest BCUT2D eigenvalue weighted by Crippen LogP contribution is -2.25. The van der Waals surface area contributed by atoms with Crippen molar-refractivity contribution in [2.45, 2.75) is 13.3 Å². The summed E-state index contributed by atoms with van der Waals surface area (Å²) >= 11 is 0. The lowest BCUT2D eigenvalue weighted by Gasteiger charge is -2.11. The fourth-order valence-corrected chi connectivity index (χ4v) is 2.87. The van der Waals surface area contributed by atoms with Gasteiger partial charge in [-0.3, -0.25) is 14.4 Å². The zero-order valence-electron chi connectivity index (χ0n) is 15.7. The average molecular weight is 377 g/mol. The predicted molar refractivity (Wildman–Crippen MR) is 109 cm³/mol. The first-order valence-electron chi connectivity index (χ1n) is 9.20. The van der Waals surface area contributed by atoms with Crippen LogP contribution in [0.25, 0.3) is 0 Å². The Hall–Kier alpha value is -3.41. The molecule has 2 atom stereocenters. The normalized spacial score (nSPS) is 17.3. The van der Waals surface area contributed by atoms with Crippen LogP contribution in [0, 0.1) is 11.8 Å². The molecule has 0 aliphatic heterocycles. The number of hydrogen-bond acceptors (Lipinski definition) is 3. The molecule has 2 aromatic carbocycles. The van der Waals surface area contributed by atoms with Crippen LogP contribution in [0.3, 0.4) is 0 Å². The van der Waals surface area contributed by atoms with E-state index < -0.39 is 0 Å². The number of anilines is 2. The molecule has 6 nitrogen and oxygen atoms in total. The fraction of sp³-hybridized carbons (Fsp3) is 0.227. The van der Waals surface area contributed by atoms with Crippen LogP contribution >= 0.6 is 0 Å². The largest absolute Gasteiger partial charge is 0.349 e. The van der Waals surface area contributed by atoms with Crippen LogP contribution in [0.2, 0.25) is 0 Å². The molecule has 0 radical (unpaired) electrons. The number of benzene rings is 2. The first-order valence-corrected chi connectivity index (χ1v) is 9.20. The number of nitrogens with one attached hydrogen (secondary N) is 3. The summed E-state index contributed by atoms with van der Waals surface area (Å²) < 4.78 is 0. The Balaban J connectivity index is 1.65. The molecule has 1 aliphatic rings. The van der Waals surface area contributed by atoms with Crippen LogP contribution in [0.15, 0.2) is 61.2 Å². The van der Waals surface area contributed by atoms with Crippen molar-refractivity contribution >= 4 is 29.1 Å². The summed E-state index contributed by atoms with van der Waals surface area (Å²) in [5.41, 5.74) is 1.89. The van der Waals surface area contributed by atoms with Crippen molar-refractivity contribution in [1.82, 2.24) is 5.32 Å². The molecule has 144 valence electrons. The maximum Gasteiger partial charge on any atom is 0.255 e. The first-order chi connectivity index (χ1) is 13.5. The van der Waals surface area contributed by atoms with Gasteiger partial charge in [-0.15, -0.1) is 6.58 Å². The Morgan fingerprint density at radius 1 is 1.04 bits per heavy atom. The van der Waals surface area contributed by atoms with Crippen molar-refractivity contribution in [2.24, 2.45) is 11.8 Å². The summed E-state index contributed by atoms with van der Waals surface area (Å²) in [6, 6.07) is 13.5. The van der Waals surface area contributed by atoms with E-state index in [9.17, 15) is 14.4 Å². The maximum absolute atomic E-state index is 12.6.